The minimum Gasteiger partial charge on any atom is -0.508 e. The van der Waals surface area contributed by atoms with Crippen LogP contribution in [0.2, 0.25) is 0 Å². The molecule has 0 aliphatic carbocycles. The molecule has 15 heteroatoms. The van der Waals surface area contributed by atoms with Gasteiger partial charge in [-0.15, -0.1) is 0 Å². The van der Waals surface area contributed by atoms with Gasteiger partial charge in [0.15, 0.2) is 17.3 Å². The van der Waals surface area contributed by atoms with Crippen molar-refractivity contribution in [2.75, 3.05) is 42.7 Å². The van der Waals surface area contributed by atoms with Crippen molar-refractivity contribution in [3.05, 3.63) is 71.3 Å². The van der Waals surface area contributed by atoms with E-state index in [1.807, 2.05) is 0 Å². The van der Waals surface area contributed by atoms with Crippen LogP contribution in [-0.4, -0.2) is 93.2 Å². The van der Waals surface area contributed by atoms with Gasteiger partial charge in [-0.05, 0) is 36.4 Å². The summed E-state index contributed by atoms with van der Waals surface area (Å²) in [6.45, 7) is 0. The summed E-state index contributed by atoms with van der Waals surface area (Å²) in [5.74, 6) is -1.25. The average Bonchev–Trinajstić information content (AvgIpc) is 3.14. The molecule has 0 bridgehead atoms. The number of carbonyl (C=O) groups is 6. The van der Waals surface area contributed by atoms with Crippen LogP contribution in [0.25, 0.3) is 0 Å². The van der Waals surface area contributed by atoms with Crippen LogP contribution in [0.1, 0.15) is 99.3 Å². The third kappa shape index (κ3) is 19.5. The summed E-state index contributed by atoms with van der Waals surface area (Å²) in [5.41, 5.74) is 0.693. The Morgan fingerprint density at radius 3 is 1.13 bits per heavy atom. The van der Waals surface area contributed by atoms with Gasteiger partial charge < -0.3 is 43.7 Å². The molecular weight excluding hydrogens is 720 g/mol. The topological polar surface area (TPSA) is 218 Å². The molecule has 3 aromatic carbocycles. The third-order valence-corrected chi connectivity index (χ3v) is 6.85. The number of hydrogen-bond donors (Lipinski definition) is 3. The van der Waals surface area contributed by atoms with Crippen molar-refractivity contribution in [1.29, 1.82) is 0 Å². The van der Waals surface area contributed by atoms with Gasteiger partial charge in [-0.3, -0.25) is 28.8 Å². The number of rotatable bonds is 15. The average molecular weight is 779 g/mol. The van der Waals surface area contributed by atoms with Crippen molar-refractivity contribution in [3.63, 3.8) is 0 Å². The normalized spacial score (nSPS) is 9.05. The van der Waals surface area contributed by atoms with Crippen molar-refractivity contribution >= 4 is 35.3 Å². The fourth-order valence-electron chi connectivity index (χ4n) is 4.02. The number of carbonyl (C=O) groups excluding carboxylic acids is 6. The fourth-order valence-corrected chi connectivity index (χ4v) is 4.02. The molecule has 3 aromatic rings. The van der Waals surface area contributed by atoms with Gasteiger partial charge in [0.25, 0.3) is 0 Å². The lowest BCUT2D eigenvalue weighted by Crippen LogP contribution is -2.07. The summed E-state index contributed by atoms with van der Waals surface area (Å²) in [7, 11) is 8.27. The minimum absolute atomic E-state index is 0. The summed E-state index contributed by atoms with van der Waals surface area (Å²) in [6.07, 6.45) is 0.0912. The lowest BCUT2D eigenvalue weighted by atomic mass is 10.1. The molecule has 55 heavy (non-hydrogen) atoms. The summed E-state index contributed by atoms with van der Waals surface area (Å²) in [6, 6.07) is 13.0. The highest BCUT2D eigenvalue weighted by Crippen LogP contribution is 2.27. The van der Waals surface area contributed by atoms with E-state index in [9.17, 15) is 39.0 Å². The van der Waals surface area contributed by atoms with Crippen molar-refractivity contribution in [1.82, 2.24) is 0 Å². The van der Waals surface area contributed by atoms with Crippen LogP contribution >= 0.6 is 0 Å². The zero-order valence-corrected chi connectivity index (χ0v) is 29.2. The predicted octanol–water partition coefficient (Wildman–Crippen LogP) is 7.15. The van der Waals surface area contributed by atoms with Crippen molar-refractivity contribution in [3.8, 4) is 34.5 Å². The number of ether oxygens (including phenoxy) is 6. The summed E-state index contributed by atoms with van der Waals surface area (Å²) >= 11 is 0. The lowest BCUT2D eigenvalue weighted by Gasteiger charge is -2.09. The molecule has 0 amide bonds. The Kier molecular flexibility index (Phi) is 29.7. The van der Waals surface area contributed by atoms with Crippen LogP contribution in [0, 0.1) is 0 Å². The predicted molar refractivity (Wildman–Crippen MR) is 208 cm³/mol. The van der Waals surface area contributed by atoms with E-state index in [0.717, 1.165) is 6.07 Å². The number of Topliss-reactive ketones (excluding diaryl/α,β-unsaturated/α-hetero) is 3. The zero-order chi connectivity index (χ0) is 38.5. The first kappa shape index (κ1) is 55.6. The monoisotopic (exact) mass is 778 g/mol. The van der Waals surface area contributed by atoms with Gasteiger partial charge >= 0.3 is 17.9 Å². The number of ketones is 3. The molecule has 0 atom stereocenters. The smallest absolute Gasteiger partial charge is 0.305 e. The standard InChI is InChI=1S/C13H16O5.C12H14O5.C11H12O5.4CH4/c1-16-9-4-5-10(12(8-9)17-2)11(14)6-7-13(15)18-3;1-16-8-3-4-9(11(14)7-8)10(13)5-6-12(15)17-2;1-16-11(15)5-4-9(13)8-3-2-7(12)6-10(8)14;;;;/h4-5,8H,6-7H2,1-3H3;3-4,7,14H,5-6H2,1-2H3;2-3,6,12,14H,4-5H2,1H3;4*1H4. The second-order valence-electron chi connectivity index (χ2n) is 10.1. The van der Waals surface area contributed by atoms with Gasteiger partial charge in [0.1, 0.15) is 34.5 Å². The molecule has 0 unspecified atom stereocenters. The highest BCUT2D eigenvalue weighted by atomic mass is 16.5. The first-order valence-corrected chi connectivity index (χ1v) is 15.2. The molecule has 0 aromatic heterocycles. The van der Waals surface area contributed by atoms with Gasteiger partial charge in [0.05, 0.1) is 78.6 Å². The summed E-state index contributed by atoms with van der Waals surface area (Å²) in [4.78, 5) is 67.8. The summed E-state index contributed by atoms with van der Waals surface area (Å²) < 4.78 is 28.4. The molecule has 0 aliphatic heterocycles. The van der Waals surface area contributed by atoms with Crippen LogP contribution in [0.4, 0.5) is 0 Å². The van der Waals surface area contributed by atoms with E-state index in [1.54, 1.807) is 24.3 Å². The van der Waals surface area contributed by atoms with E-state index in [2.05, 4.69) is 14.2 Å². The van der Waals surface area contributed by atoms with E-state index >= 15 is 0 Å². The Hall–Kier alpha value is -6.12. The van der Waals surface area contributed by atoms with Gasteiger partial charge in [0.2, 0.25) is 0 Å². The van der Waals surface area contributed by atoms with Crippen LogP contribution in [0.15, 0.2) is 54.6 Å². The molecule has 0 radical (unpaired) electrons. The molecule has 0 aliphatic rings. The Morgan fingerprint density at radius 2 is 0.782 bits per heavy atom. The van der Waals surface area contributed by atoms with Gasteiger partial charge in [-0.25, -0.2) is 0 Å². The van der Waals surface area contributed by atoms with Gasteiger partial charge in [-0.2, -0.15) is 0 Å². The van der Waals surface area contributed by atoms with E-state index in [0.29, 0.717) is 22.8 Å². The second kappa shape index (κ2) is 29.3. The van der Waals surface area contributed by atoms with Crippen molar-refractivity contribution in [2.45, 2.75) is 68.2 Å². The highest BCUT2D eigenvalue weighted by molar-refractivity contribution is 6.01. The van der Waals surface area contributed by atoms with Crippen molar-refractivity contribution in [2.24, 2.45) is 0 Å². The Balaban J connectivity index is -0.000000343. The SMILES string of the molecule is C.C.C.C.COC(=O)CCC(=O)c1ccc(O)cc1O.COC(=O)CCC(=O)c1ccc(OC)cc1O.COC(=O)CCC(=O)c1ccc(OC)cc1OC. The largest absolute Gasteiger partial charge is 0.508 e. The van der Waals surface area contributed by atoms with E-state index in [-0.39, 0.29) is 114 Å². The Bertz CT molecular complexity index is 1660. The maximum Gasteiger partial charge on any atom is 0.305 e. The first-order chi connectivity index (χ1) is 24.2. The lowest BCUT2D eigenvalue weighted by molar-refractivity contribution is -0.141. The highest BCUT2D eigenvalue weighted by Gasteiger charge is 2.16. The molecule has 0 saturated carbocycles. The second-order valence-corrected chi connectivity index (χ2v) is 10.1. The van der Waals surface area contributed by atoms with Gasteiger partial charge in [-0.1, -0.05) is 29.7 Å². The third-order valence-electron chi connectivity index (χ3n) is 6.85. The minimum atomic E-state index is -0.480. The van der Waals surface area contributed by atoms with Crippen LogP contribution < -0.4 is 14.2 Å². The molecule has 3 rings (SSSR count). The zero-order valence-electron chi connectivity index (χ0n) is 29.2. The van der Waals surface area contributed by atoms with Gasteiger partial charge in [0, 0.05) is 37.5 Å². The maximum absolute atomic E-state index is 11.9. The molecule has 15 nitrogen and oxygen atoms in total. The molecule has 0 spiro atoms. The number of aromatic hydroxyl groups is 3. The first-order valence-electron chi connectivity index (χ1n) is 15.2. The quantitative estimate of drug-likeness (QED) is 0.0792. The van der Waals surface area contributed by atoms with E-state index in [4.69, 9.17) is 19.3 Å². The van der Waals surface area contributed by atoms with Crippen LogP contribution in [0.3, 0.4) is 0 Å². The number of phenols is 3. The Labute approximate surface area is 324 Å². The molecule has 308 valence electrons. The number of methoxy groups -OCH3 is 6. The van der Waals surface area contributed by atoms with E-state index < -0.39 is 17.9 Å². The molecule has 0 fully saturated rings. The number of phenolic OH excluding ortho intramolecular Hbond substituents is 3. The molecule has 0 saturated heterocycles. The van der Waals surface area contributed by atoms with Crippen LogP contribution in [-0.2, 0) is 28.6 Å². The molecular formula is C40H58O15. The number of esters is 3. The Morgan fingerprint density at radius 1 is 0.436 bits per heavy atom. The summed E-state index contributed by atoms with van der Waals surface area (Å²) in [5, 5.41) is 28.0. The van der Waals surface area contributed by atoms with E-state index in [1.165, 1.54) is 66.9 Å². The molecule has 0 heterocycles. The van der Waals surface area contributed by atoms with Crippen LogP contribution in [0.5, 0.6) is 34.5 Å². The number of benzene rings is 3. The fraction of sp³-hybridized carbons (Fsp3) is 0.400. The number of hydrogen-bond acceptors (Lipinski definition) is 15. The van der Waals surface area contributed by atoms with Crippen molar-refractivity contribution < 1.29 is 72.5 Å². The molecule has 3 N–H and O–H groups in total. The maximum atomic E-state index is 11.9.